The summed E-state index contributed by atoms with van der Waals surface area (Å²) >= 11 is 18.0. The fourth-order valence-electron chi connectivity index (χ4n) is 2.82. The van der Waals surface area contributed by atoms with Crippen LogP contribution >= 0.6 is 34.8 Å². The average molecular weight is 398 g/mol. The molecule has 0 unspecified atom stereocenters. The zero-order valence-corrected chi connectivity index (χ0v) is 15.6. The molecule has 1 heterocycles. The van der Waals surface area contributed by atoms with Crippen LogP contribution < -0.4 is 10.2 Å². The third-order valence-corrected chi connectivity index (χ3v) is 5.36. The van der Waals surface area contributed by atoms with Crippen LogP contribution in [0, 0.1) is 12.8 Å². The number of carbonyl (C=O) groups is 2. The number of amides is 2. The van der Waals surface area contributed by atoms with Crippen molar-refractivity contribution in [2.45, 2.75) is 13.3 Å². The summed E-state index contributed by atoms with van der Waals surface area (Å²) in [6, 6.07) is 10.3. The van der Waals surface area contributed by atoms with Crippen molar-refractivity contribution in [3.05, 3.63) is 57.0 Å². The molecule has 4 nitrogen and oxygen atoms in total. The van der Waals surface area contributed by atoms with Gasteiger partial charge in [0.05, 0.1) is 16.0 Å². The van der Waals surface area contributed by atoms with Crippen LogP contribution in [-0.2, 0) is 9.59 Å². The standard InChI is InChI=1S/C18H15Cl3N2O2/c1-10-13(19)3-2-4-16(10)23-9-11(7-17(23)24)18(25)22-12-5-6-14(20)15(21)8-12/h2-6,8,11H,7,9H2,1H3,(H,22,25)/t11-/m1/s1. The molecule has 0 aliphatic carbocycles. The Bertz CT molecular complexity index is 854. The molecule has 1 N–H and O–H groups in total. The van der Waals surface area contributed by atoms with Gasteiger partial charge in [0.2, 0.25) is 11.8 Å². The van der Waals surface area contributed by atoms with E-state index in [9.17, 15) is 9.59 Å². The van der Waals surface area contributed by atoms with Crippen molar-refractivity contribution in [1.29, 1.82) is 0 Å². The maximum Gasteiger partial charge on any atom is 0.229 e. The van der Waals surface area contributed by atoms with Gasteiger partial charge in [-0.1, -0.05) is 40.9 Å². The summed E-state index contributed by atoms with van der Waals surface area (Å²) in [5, 5.41) is 4.15. The van der Waals surface area contributed by atoms with Crippen LogP contribution in [0.15, 0.2) is 36.4 Å². The Balaban J connectivity index is 1.74. The second kappa shape index (κ2) is 7.24. The monoisotopic (exact) mass is 396 g/mol. The smallest absolute Gasteiger partial charge is 0.229 e. The first-order valence-corrected chi connectivity index (χ1v) is 8.81. The summed E-state index contributed by atoms with van der Waals surface area (Å²) in [6.45, 7) is 2.17. The second-order valence-electron chi connectivity index (χ2n) is 5.91. The molecule has 0 saturated carbocycles. The van der Waals surface area contributed by atoms with E-state index >= 15 is 0 Å². The highest BCUT2D eigenvalue weighted by atomic mass is 35.5. The Kier molecular flexibility index (Phi) is 5.23. The quantitative estimate of drug-likeness (QED) is 0.797. The summed E-state index contributed by atoms with van der Waals surface area (Å²) in [5.41, 5.74) is 2.11. The largest absolute Gasteiger partial charge is 0.326 e. The van der Waals surface area contributed by atoms with Crippen LogP contribution in [0.2, 0.25) is 15.1 Å². The molecule has 2 aromatic rings. The molecule has 3 rings (SSSR count). The predicted molar refractivity (Wildman–Crippen MR) is 102 cm³/mol. The first-order valence-electron chi connectivity index (χ1n) is 7.68. The van der Waals surface area contributed by atoms with Crippen molar-refractivity contribution in [1.82, 2.24) is 0 Å². The normalized spacial score (nSPS) is 17.0. The summed E-state index contributed by atoms with van der Waals surface area (Å²) in [6.07, 6.45) is 0.152. The van der Waals surface area contributed by atoms with Crippen molar-refractivity contribution in [3.63, 3.8) is 0 Å². The second-order valence-corrected chi connectivity index (χ2v) is 7.13. The third kappa shape index (κ3) is 3.76. The van der Waals surface area contributed by atoms with Gasteiger partial charge in [0.1, 0.15) is 0 Å². The average Bonchev–Trinajstić information content (AvgIpc) is 2.95. The summed E-state index contributed by atoms with van der Waals surface area (Å²) < 4.78 is 0. The van der Waals surface area contributed by atoms with Gasteiger partial charge in [-0.15, -0.1) is 0 Å². The highest BCUT2D eigenvalue weighted by Crippen LogP contribution is 2.32. The van der Waals surface area contributed by atoms with Crippen molar-refractivity contribution >= 4 is 58.0 Å². The molecule has 0 spiro atoms. The van der Waals surface area contributed by atoms with Gasteiger partial charge in [0.25, 0.3) is 0 Å². The molecule has 0 aromatic heterocycles. The van der Waals surface area contributed by atoms with E-state index in [0.717, 1.165) is 11.3 Å². The number of hydrogen-bond donors (Lipinski definition) is 1. The van der Waals surface area contributed by atoms with Crippen molar-refractivity contribution < 1.29 is 9.59 Å². The van der Waals surface area contributed by atoms with E-state index in [1.54, 1.807) is 35.2 Å². The highest BCUT2D eigenvalue weighted by molar-refractivity contribution is 6.42. The van der Waals surface area contributed by atoms with E-state index in [4.69, 9.17) is 34.8 Å². The zero-order chi connectivity index (χ0) is 18.1. The van der Waals surface area contributed by atoms with Gasteiger partial charge >= 0.3 is 0 Å². The number of halogens is 3. The lowest BCUT2D eigenvalue weighted by Crippen LogP contribution is -2.28. The third-order valence-electron chi connectivity index (χ3n) is 4.21. The molecule has 1 saturated heterocycles. The van der Waals surface area contributed by atoms with Gasteiger partial charge in [-0.05, 0) is 42.8 Å². The van der Waals surface area contributed by atoms with E-state index in [0.29, 0.717) is 27.3 Å². The molecule has 0 bridgehead atoms. The molecule has 1 atom stereocenters. The topological polar surface area (TPSA) is 49.4 Å². The van der Waals surface area contributed by atoms with Crippen molar-refractivity contribution in [2.24, 2.45) is 5.92 Å². The predicted octanol–water partition coefficient (Wildman–Crippen LogP) is 4.95. The lowest BCUT2D eigenvalue weighted by atomic mass is 10.1. The lowest BCUT2D eigenvalue weighted by molar-refractivity contribution is -0.122. The van der Waals surface area contributed by atoms with Crippen LogP contribution in [0.4, 0.5) is 11.4 Å². The maximum absolute atomic E-state index is 12.5. The maximum atomic E-state index is 12.5. The van der Waals surface area contributed by atoms with E-state index in [1.807, 2.05) is 13.0 Å². The number of benzene rings is 2. The first kappa shape index (κ1) is 18.1. The van der Waals surface area contributed by atoms with Crippen LogP contribution in [0.1, 0.15) is 12.0 Å². The van der Waals surface area contributed by atoms with E-state index < -0.39 is 5.92 Å². The Morgan fingerprint density at radius 3 is 2.60 bits per heavy atom. The van der Waals surface area contributed by atoms with Gasteiger partial charge in [-0.25, -0.2) is 0 Å². The highest BCUT2D eigenvalue weighted by Gasteiger charge is 2.35. The zero-order valence-electron chi connectivity index (χ0n) is 13.4. The fraction of sp³-hybridized carbons (Fsp3) is 0.222. The molecule has 2 aromatic carbocycles. The number of anilines is 2. The molecular formula is C18H15Cl3N2O2. The molecule has 25 heavy (non-hydrogen) atoms. The van der Waals surface area contributed by atoms with Crippen LogP contribution in [0.3, 0.4) is 0 Å². The summed E-state index contributed by atoms with van der Waals surface area (Å²) in [7, 11) is 0. The first-order chi connectivity index (χ1) is 11.9. The Labute approximate surface area is 160 Å². The fourth-order valence-corrected chi connectivity index (χ4v) is 3.29. The van der Waals surface area contributed by atoms with Gasteiger partial charge < -0.3 is 10.2 Å². The van der Waals surface area contributed by atoms with E-state index in [2.05, 4.69) is 5.32 Å². The number of carbonyl (C=O) groups excluding carboxylic acids is 2. The lowest BCUT2D eigenvalue weighted by Gasteiger charge is -2.19. The molecule has 130 valence electrons. The van der Waals surface area contributed by atoms with Crippen LogP contribution in [-0.4, -0.2) is 18.4 Å². The minimum atomic E-state index is -0.444. The minimum absolute atomic E-state index is 0.0975. The van der Waals surface area contributed by atoms with Crippen molar-refractivity contribution in [3.8, 4) is 0 Å². The SMILES string of the molecule is Cc1c(Cl)cccc1N1C[C@H](C(=O)Nc2ccc(Cl)c(Cl)c2)CC1=O. The molecule has 1 aliphatic rings. The van der Waals surface area contributed by atoms with Gasteiger partial charge in [0.15, 0.2) is 0 Å². The summed E-state index contributed by atoms with van der Waals surface area (Å²) in [5.74, 6) is -0.770. The molecular weight excluding hydrogens is 383 g/mol. The Hall–Kier alpha value is -1.75. The molecule has 1 aliphatic heterocycles. The Morgan fingerprint density at radius 1 is 1.12 bits per heavy atom. The molecule has 0 radical (unpaired) electrons. The summed E-state index contributed by atoms with van der Waals surface area (Å²) in [4.78, 5) is 26.5. The van der Waals surface area contributed by atoms with Crippen LogP contribution in [0.5, 0.6) is 0 Å². The number of nitrogens with zero attached hydrogens (tertiary/aromatic N) is 1. The Morgan fingerprint density at radius 2 is 1.88 bits per heavy atom. The van der Waals surface area contributed by atoms with Gasteiger partial charge in [-0.2, -0.15) is 0 Å². The van der Waals surface area contributed by atoms with Gasteiger partial charge in [0, 0.05) is 29.4 Å². The number of rotatable bonds is 3. The van der Waals surface area contributed by atoms with Gasteiger partial charge in [-0.3, -0.25) is 9.59 Å². The van der Waals surface area contributed by atoms with E-state index in [-0.39, 0.29) is 18.2 Å². The van der Waals surface area contributed by atoms with Crippen molar-refractivity contribution in [2.75, 3.05) is 16.8 Å². The minimum Gasteiger partial charge on any atom is -0.326 e. The number of hydrogen-bond acceptors (Lipinski definition) is 2. The van der Waals surface area contributed by atoms with Crippen LogP contribution in [0.25, 0.3) is 0 Å². The number of nitrogens with one attached hydrogen (secondary N) is 1. The molecule has 7 heteroatoms. The molecule has 1 fully saturated rings. The molecule has 2 amide bonds. The van der Waals surface area contributed by atoms with E-state index in [1.165, 1.54) is 0 Å².